The van der Waals surface area contributed by atoms with Crippen molar-refractivity contribution in [3.8, 4) is 0 Å². The molecule has 0 heteroatoms. The molecule has 0 fully saturated rings. The fourth-order valence-electron chi connectivity index (χ4n) is 7.28. The van der Waals surface area contributed by atoms with Gasteiger partial charge in [0.25, 0.3) is 0 Å². The molecule has 0 rings (SSSR count). The topological polar surface area (TPSA) is 0 Å². The van der Waals surface area contributed by atoms with Crippen LogP contribution in [0.5, 0.6) is 0 Å². The molecular formula is C42H86. The van der Waals surface area contributed by atoms with Gasteiger partial charge in [-0.2, -0.15) is 0 Å². The second-order valence-electron chi connectivity index (χ2n) is 14.7. The van der Waals surface area contributed by atoms with Crippen LogP contribution in [0.4, 0.5) is 0 Å². The van der Waals surface area contributed by atoms with Gasteiger partial charge >= 0.3 is 0 Å². The van der Waals surface area contributed by atoms with Gasteiger partial charge in [-0.1, -0.05) is 259 Å². The van der Waals surface area contributed by atoms with Gasteiger partial charge in [-0.15, -0.1) is 0 Å². The summed E-state index contributed by atoms with van der Waals surface area (Å²) in [4.78, 5) is 0. The van der Waals surface area contributed by atoms with Crippen LogP contribution in [0, 0.1) is 11.8 Å². The molecule has 0 aliphatic carbocycles. The summed E-state index contributed by atoms with van der Waals surface area (Å²) in [5.41, 5.74) is 0. The first-order valence-electron chi connectivity index (χ1n) is 20.8. The molecule has 0 saturated carbocycles. The van der Waals surface area contributed by atoms with Gasteiger partial charge in [0.1, 0.15) is 0 Å². The van der Waals surface area contributed by atoms with E-state index >= 15 is 0 Å². The Labute approximate surface area is 270 Å². The van der Waals surface area contributed by atoms with Crippen LogP contribution < -0.4 is 0 Å². The summed E-state index contributed by atoms with van der Waals surface area (Å²) < 4.78 is 0. The SMILES string of the molecule is CCCCCCCCCCCCCCCCC(CCCCC)CCCCC(CCCC)CCCCCCCCCCC. The monoisotopic (exact) mass is 591 g/mol. The van der Waals surface area contributed by atoms with Crippen LogP contribution >= 0.6 is 0 Å². The molecule has 0 aliphatic heterocycles. The van der Waals surface area contributed by atoms with Crippen LogP contribution in [0.1, 0.15) is 259 Å². The maximum Gasteiger partial charge on any atom is -0.0414 e. The van der Waals surface area contributed by atoms with Crippen LogP contribution in [-0.2, 0) is 0 Å². The van der Waals surface area contributed by atoms with E-state index in [2.05, 4.69) is 27.7 Å². The zero-order chi connectivity index (χ0) is 30.6. The Morgan fingerprint density at radius 2 is 0.357 bits per heavy atom. The molecule has 0 bridgehead atoms. The summed E-state index contributed by atoms with van der Waals surface area (Å²) in [6, 6.07) is 0. The normalized spacial score (nSPS) is 13.1. The molecule has 0 aromatic carbocycles. The van der Waals surface area contributed by atoms with Crippen LogP contribution in [0.25, 0.3) is 0 Å². The molecule has 0 saturated heterocycles. The molecule has 0 spiro atoms. The summed E-state index contributed by atoms with van der Waals surface area (Å²) in [6.07, 6.45) is 53.2. The van der Waals surface area contributed by atoms with Gasteiger partial charge in [0.05, 0.1) is 0 Å². The Morgan fingerprint density at radius 3 is 0.643 bits per heavy atom. The van der Waals surface area contributed by atoms with Gasteiger partial charge in [-0.05, 0) is 11.8 Å². The summed E-state index contributed by atoms with van der Waals surface area (Å²) in [6.45, 7) is 9.39. The largest absolute Gasteiger partial charge is 0.0654 e. The van der Waals surface area contributed by atoms with Gasteiger partial charge in [-0.25, -0.2) is 0 Å². The third-order valence-corrected chi connectivity index (χ3v) is 10.3. The average Bonchev–Trinajstić information content (AvgIpc) is 3.00. The molecule has 0 heterocycles. The Kier molecular flexibility index (Phi) is 37.2. The van der Waals surface area contributed by atoms with Crippen LogP contribution in [-0.4, -0.2) is 0 Å². The maximum absolute atomic E-state index is 2.38. The number of hydrogen-bond acceptors (Lipinski definition) is 0. The van der Waals surface area contributed by atoms with Gasteiger partial charge in [0.2, 0.25) is 0 Å². The lowest BCUT2D eigenvalue weighted by molar-refractivity contribution is 0.340. The number of hydrogen-bond donors (Lipinski definition) is 0. The highest BCUT2D eigenvalue weighted by atomic mass is 14.2. The first-order chi connectivity index (χ1) is 20.8. The third kappa shape index (κ3) is 32.9. The average molecular weight is 591 g/mol. The molecule has 0 aromatic rings. The Bertz CT molecular complexity index is 453. The molecular weight excluding hydrogens is 504 g/mol. The van der Waals surface area contributed by atoms with E-state index in [1.165, 1.54) is 231 Å². The minimum atomic E-state index is 1.03. The van der Waals surface area contributed by atoms with Crippen LogP contribution in [0.15, 0.2) is 0 Å². The van der Waals surface area contributed by atoms with Crippen molar-refractivity contribution in [1.29, 1.82) is 0 Å². The standard InChI is InChI=1S/C42H86/c1-5-9-13-15-17-19-20-21-22-23-25-27-29-32-38-42(36-30-11-7-3)40-34-33-39-41(35-12-8-4)37-31-28-26-24-18-16-14-10-6-2/h41-42H,5-40H2,1-4H3. The highest BCUT2D eigenvalue weighted by molar-refractivity contribution is 4.65. The highest BCUT2D eigenvalue weighted by Gasteiger charge is 2.11. The molecule has 0 aromatic heterocycles. The van der Waals surface area contributed by atoms with E-state index in [0.717, 1.165) is 11.8 Å². The van der Waals surface area contributed by atoms with Gasteiger partial charge in [0, 0.05) is 0 Å². The molecule has 254 valence electrons. The molecule has 2 unspecified atom stereocenters. The summed E-state index contributed by atoms with van der Waals surface area (Å²) in [7, 11) is 0. The molecule has 0 amide bonds. The Balaban J connectivity index is 3.96. The van der Waals surface area contributed by atoms with Crippen LogP contribution in [0.3, 0.4) is 0 Å². The lowest BCUT2D eigenvalue weighted by Gasteiger charge is -2.19. The smallest absolute Gasteiger partial charge is 0.0414 e. The van der Waals surface area contributed by atoms with E-state index in [1.54, 1.807) is 0 Å². The molecule has 2 atom stereocenters. The highest BCUT2D eigenvalue weighted by Crippen LogP contribution is 2.27. The van der Waals surface area contributed by atoms with E-state index in [9.17, 15) is 0 Å². The maximum atomic E-state index is 2.38. The lowest BCUT2D eigenvalue weighted by atomic mass is 9.87. The molecule has 42 heavy (non-hydrogen) atoms. The van der Waals surface area contributed by atoms with Gasteiger partial charge < -0.3 is 0 Å². The molecule has 0 aliphatic rings. The summed E-state index contributed by atoms with van der Waals surface area (Å²) >= 11 is 0. The zero-order valence-corrected chi connectivity index (χ0v) is 30.6. The van der Waals surface area contributed by atoms with Crippen molar-refractivity contribution in [2.75, 3.05) is 0 Å². The molecule has 0 nitrogen and oxygen atoms in total. The van der Waals surface area contributed by atoms with E-state index < -0.39 is 0 Å². The molecule has 0 radical (unpaired) electrons. The minimum absolute atomic E-state index is 1.03. The predicted molar refractivity (Wildman–Crippen MR) is 196 cm³/mol. The first kappa shape index (κ1) is 42.0. The van der Waals surface area contributed by atoms with Crippen LogP contribution in [0.2, 0.25) is 0 Å². The van der Waals surface area contributed by atoms with Crippen molar-refractivity contribution in [3.63, 3.8) is 0 Å². The predicted octanol–water partition coefficient (Wildman–Crippen LogP) is 16.3. The van der Waals surface area contributed by atoms with Gasteiger partial charge in [-0.3, -0.25) is 0 Å². The fourth-order valence-corrected chi connectivity index (χ4v) is 7.28. The van der Waals surface area contributed by atoms with Crippen molar-refractivity contribution >= 4 is 0 Å². The Hall–Kier alpha value is 0. The van der Waals surface area contributed by atoms with Gasteiger partial charge in [0.15, 0.2) is 0 Å². The second-order valence-corrected chi connectivity index (χ2v) is 14.7. The summed E-state index contributed by atoms with van der Waals surface area (Å²) in [5, 5.41) is 0. The first-order valence-corrected chi connectivity index (χ1v) is 20.8. The van der Waals surface area contributed by atoms with Crippen molar-refractivity contribution in [2.45, 2.75) is 259 Å². The number of unbranched alkanes of at least 4 members (excludes halogenated alkanes) is 25. The van der Waals surface area contributed by atoms with E-state index in [1.807, 2.05) is 0 Å². The fraction of sp³-hybridized carbons (Fsp3) is 1.00. The number of rotatable bonds is 37. The minimum Gasteiger partial charge on any atom is -0.0654 e. The second kappa shape index (κ2) is 37.2. The van der Waals surface area contributed by atoms with Crippen molar-refractivity contribution in [3.05, 3.63) is 0 Å². The van der Waals surface area contributed by atoms with E-state index in [-0.39, 0.29) is 0 Å². The van der Waals surface area contributed by atoms with Crippen molar-refractivity contribution < 1.29 is 0 Å². The summed E-state index contributed by atoms with van der Waals surface area (Å²) in [5.74, 6) is 2.05. The third-order valence-electron chi connectivity index (χ3n) is 10.3. The lowest BCUT2D eigenvalue weighted by Crippen LogP contribution is -2.04. The van der Waals surface area contributed by atoms with E-state index in [4.69, 9.17) is 0 Å². The van der Waals surface area contributed by atoms with Crippen molar-refractivity contribution in [1.82, 2.24) is 0 Å². The quantitative estimate of drug-likeness (QED) is 0.0631. The zero-order valence-electron chi connectivity index (χ0n) is 30.6. The van der Waals surface area contributed by atoms with E-state index in [0.29, 0.717) is 0 Å². The Morgan fingerprint density at radius 1 is 0.190 bits per heavy atom. The molecule has 0 N–H and O–H groups in total. The van der Waals surface area contributed by atoms with Crippen molar-refractivity contribution in [2.24, 2.45) is 11.8 Å².